The van der Waals surface area contributed by atoms with Gasteiger partial charge in [-0.2, -0.15) is 0 Å². The molecule has 20 heavy (non-hydrogen) atoms. The Bertz CT molecular complexity index is 602. The molecule has 0 aliphatic carbocycles. The number of hydrogen-bond donors (Lipinski definition) is 1. The van der Waals surface area contributed by atoms with Crippen LogP contribution in [0.5, 0.6) is 0 Å². The highest BCUT2D eigenvalue weighted by atomic mass is 35.5. The highest BCUT2D eigenvalue weighted by Crippen LogP contribution is 2.25. The summed E-state index contributed by atoms with van der Waals surface area (Å²) in [5.74, 6) is 2.51. The monoisotopic (exact) mass is 307 g/mol. The van der Waals surface area contributed by atoms with Gasteiger partial charge in [0, 0.05) is 27.7 Å². The number of hydrogen-bond acceptors (Lipinski definition) is 4. The zero-order chi connectivity index (χ0) is 14.5. The van der Waals surface area contributed by atoms with Gasteiger partial charge >= 0.3 is 0 Å². The summed E-state index contributed by atoms with van der Waals surface area (Å²) < 4.78 is 0. The number of anilines is 1. The van der Waals surface area contributed by atoms with Crippen LogP contribution in [0, 0.1) is 13.8 Å². The van der Waals surface area contributed by atoms with Crippen molar-refractivity contribution in [3.05, 3.63) is 46.4 Å². The first-order valence-corrected chi connectivity index (χ1v) is 7.93. The minimum Gasteiger partial charge on any atom is -0.370 e. The van der Waals surface area contributed by atoms with E-state index in [0.29, 0.717) is 0 Å². The fourth-order valence-electron chi connectivity index (χ4n) is 1.80. The SMILES string of the molecule is CCNc1nc(CSc2cccc(Cl)c2)nc(C)c1C. The van der Waals surface area contributed by atoms with Crippen LogP contribution in [0.15, 0.2) is 29.2 Å². The van der Waals surface area contributed by atoms with E-state index in [1.54, 1.807) is 11.8 Å². The highest BCUT2D eigenvalue weighted by molar-refractivity contribution is 7.98. The van der Waals surface area contributed by atoms with Crippen molar-refractivity contribution >= 4 is 29.2 Å². The summed E-state index contributed by atoms with van der Waals surface area (Å²) in [7, 11) is 0. The molecule has 106 valence electrons. The molecule has 0 amide bonds. The zero-order valence-corrected chi connectivity index (χ0v) is 13.5. The van der Waals surface area contributed by atoms with Gasteiger partial charge in [-0.25, -0.2) is 9.97 Å². The Morgan fingerprint density at radius 2 is 2.05 bits per heavy atom. The van der Waals surface area contributed by atoms with Gasteiger partial charge in [-0.1, -0.05) is 17.7 Å². The molecular formula is C15H18ClN3S. The van der Waals surface area contributed by atoms with Crippen LogP contribution in [0.1, 0.15) is 24.0 Å². The maximum absolute atomic E-state index is 5.98. The van der Waals surface area contributed by atoms with Crippen molar-refractivity contribution in [3.63, 3.8) is 0 Å². The second-order valence-corrected chi connectivity index (χ2v) is 5.96. The van der Waals surface area contributed by atoms with E-state index in [4.69, 9.17) is 11.6 Å². The molecule has 1 N–H and O–H groups in total. The molecule has 1 aromatic heterocycles. The third-order valence-electron chi connectivity index (χ3n) is 2.94. The normalized spacial score (nSPS) is 10.6. The van der Waals surface area contributed by atoms with Gasteiger partial charge in [0.15, 0.2) is 0 Å². The Morgan fingerprint density at radius 3 is 2.75 bits per heavy atom. The molecule has 3 nitrogen and oxygen atoms in total. The summed E-state index contributed by atoms with van der Waals surface area (Å²) in [5, 5.41) is 4.04. The number of benzene rings is 1. The molecule has 0 radical (unpaired) electrons. The Kier molecular flexibility index (Phi) is 5.26. The van der Waals surface area contributed by atoms with Gasteiger partial charge in [-0.05, 0) is 39.0 Å². The molecular weight excluding hydrogens is 290 g/mol. The zero-order valence-electron chi connectivity index (χ0n) is 11.9. The highest BCUT2D eigenvalue weighted by Gasteiger charge is 2.08. The van der Waals surface area contributed by atoms with Gasteiger partial charge in [0.1, 0.15) is 11.6 Å². The van der Waals surface area contributed by atoms with Crippen molar-refractivity contribution in [3.8, 4) is 0 Å². The number of thioether (sulfide) groups is 1. The fraction of sp³-hybridized carbons (Fsp3) is 0.333. The second kappa shape index (κ2) is 6.95. The summed E-state index contributed by atoms with van der Waals surface area (Å²) in [4.78, 5) is 10.3. The van der Waals surface area contributed by atoms with Crippen molar-refractivity contribution in [1.82, 2.24) is 9.97 Å². The summed E-state index contributed by atoms with van der Waals surface area (Å²) >= 11 is 7.68. The minimum atomic E-state index is 0.736. The van der Waals surface area contributed by atoms with E-state index in [0.717, 1.165) is 45.1 Å². The lowest BCUT2D eigenvalue weighted by Gasteiger charge is -2.11. The van der Waals surface area contributed by atoms with E-state index in [-0.39, 0.29) is 0 Å². The molecule has 0 atom stereocenters. The van der Waals surface area contributed by atoms with Crippen LogP contribution in [-0.2, 0) is 5.75 Å². The molecule has 0 aliphatic heterocycles. The molecule has 1 heterocycles. The molecule has 0 unspecified atom stereocenters. The molecule has 0 aliphatic rings. The summed E-state index contributed by atoms with van der Waals surface area (Å²) in [5.41, 5.74) is 2.14. The number of rotatable bonds is 5. The number of nitrogens with one attached hydrogen (secondary N) is 1. The maximum Gasteiger partial charge on any atom is 0.141 e. The predicted molar refractivity (Wildman–Crippen MR) is 86.7 cm³/mol. The lowest BCUT2D eigenvalue weighted by atomic mass is 10.2. The summed E-state index contributed by atoms with van der Waals surface area (Å²) in [6, 6.07) is 7.83. The van der Waals surface area contributed by atoms with Gasteiger partial charge in [0.05, 0.1) is 5.75 Å². The van der Waals surface area contributed by atoms with Crippen molar-refractivity contribution in [2.75, 3.05) is 11.9 Å². The summed E-state index contributed by atoms with van der Waals surface area (Å²) in [6.45, 7) is 6.99. The first kappa shape index (κ1) is 15.1. The minimum absolute atomic E-state index is 0.736. The molecule has 0 fully saturated rings. The molecule has 2 aromatic rings. The smallest absolute Gasteiger partial charge is 0.141 e. The van der Waals surface area contributed by atoms with E-state index >= 15 is 0 Å². The van der Waals surface area contributed by atoms with Crippen LogP contribution in [0.2, 0.25) is 5.02 Å². The molecule has 5 heteroatoms. The number of halogens is 1. The third kappa shape index (κ3) is 3.87. The van der Waals surface area contributed by atoms with Crippen LogP contribution < -0.4 is 5.32 Å². The van der Waals surface area contributed by atoms with Gasteiger partial charge in [0.2, 0.25) is 0 Å². The molecule has 0 spiro atoms. The van der Waals surface area contributed by atoms with Gasteiger partial charge in [-0.3, -0.25) is 0 Å². The second-order valence-electron chi connectivity index (χ2n) is 4.48. The van der Waals surface area contributed by atoms with Crippen molar-refractivity contribution < 1.29 is 0 Å². The lowest BCUT2D eigenvalue weighted by Crippen LogP contribution is -2.07. The van der Waals surface area contributed by atoms with E-state index in [9.17, 15) is 0 Å². The first-order valence-electron chi connectivity index (χ1n) is 6.56. The van der Waals surface area contributed by atoms with E-state index in [1.165, 1.54) is 0 Å². The van der Waals surface area contributed by atoms with E-state index in [2.05, 4.69) is 22.2 Å². The van der Waals surface area contributed by atoms with Crippen LogP contribution >= 0.6 is 23.4 Å². The standard InChI is InChI=1S/C15H18ClN3S/c1-4-17-15-10(2)11(3)18-14(19-15)9-20-13-7-5-6-12(16)8-13/h5-8H,4,9H2,1-3H3,(H,17,18,19). The first-order chi connectivity index (χ1) is 9.60. The lowest BCUT2D eigenvalue weighted by molar-refractivity contribution is 0.964. The molecule has 1 aromatic carbocycles. The molecule has 0 bridgehead atoms. The Hall–Kier alpha value is -1.26. The van der Waals surface area contributed by atoms with Gasteiger partial charge in [-0.15, -0.1) is 11.8 Å². The Morgan fingerprint density at radius 1 is 1.25 bits per heavy atom. The maximum atomic E-state index is 5.98. The topological polar surface area (TPSA) is 37.8 Å². The molecule has 0 saturated carbocycles. The van der Waals surface area contributed by atoms with Crippen molar-refractivity contribution in [2.24, 2.45) is 0 Å². The van der Waals surface area contributed by atoms with Gasteiger partial charge in [0.25, 0.3) is 0 Å². The quantitative estimate of drug-likeness (QED) is 0.827. The summed E-state index contributed by atoms with van der Waals surface area (Å²) in [6.07, 6.45) is 0. The Balaban J connectivity index is 2.13. The number of aryl methyl sites for hydroxylation is 1. The van der Waals surface area contributed by atoms with E-state index in [1.807, 2.05) is 38.1 Å². The predicted octanol–water partition coefficient (Wildman–Crippen LogP) is 4.47. The molecule has 0 saturated heterocycles. The van der Waals surface area contributed by atoms with Crippen LogP contribution in [0.4, 0.5) is 5.82 Å². The van der Waals surface area contributed by atoms with E-state index < -0.39 is 0 Å². The van der Waals surface area contributed by atoms with Crippen LogP contribution in [-0.4, -0.2) is 16.5 Å². The van der Waals surface area contributed by atoms with Gasteiger partial charge < -0.3 is 5.32 Å². The average Bonchev–Trinajstić information content (AvgIpc) is 2.42. The average molecular weight is 308 g/mol. The van der Waals surface area contributed by atoms with Crippen molar-refractivity contribution in [2.45, 2.75) is 31.4 Å². The van der Waals surface area contributed by atoms with Crippen LogP contribution in [0.25, 0.3) is 0 Å². The number of nitrogens with zero attached hydrogens (tertiary/aromatic N) is 2. The largest absolute Gasteiger partial charge is 0.370 e. The van der Waals surface area contributed by atoms with Crippen molar-refractivity contribution in [1.29, 1.82) is 0 Å². The third-order valence-corrected chi connectivity index (χ3v) is 4.17. The fourth-order valence-corrected chi connectivity index (χ4v) is 2.86. The Labute approximate surface area is 129 Å². The number of aromatic nitrogens is 2. The molecule has 2 rings (SSSR count). The van der Waals surface area contributed by atoms with Crippen LogP contribution in [0.3, 0.4) is 0 Å².